The van der Waals surface area contributed by atoms with Crippen molar-refractivity contribution in [3.63, 3.8) is 0 Å². The van der Waals surface area contributed by atoms with Gasteiger partial charge < -0.3 is 15.0 Å². The molecule has 28 heavy (non-hydrogen) atoms. The zero-order valence-corrected chi connectivity index (χ0v) is 17.4. The molecule has 0 radical (unpaired) electrons. The summed E-state index contributed by atoms with van der Waals surface area (Å²) in [7, 11) is 0. The van der Waals surface area contributed by atoms with Crippen molar-refractivity contribution in [1.82, 2.24) is 15.3 Å². The number of ether oxygens (including phenoxy) is 1. The van der Waals surface area contributed by atoms with Crippen LogP contribution in [0.5, 0.6) is 5.75 Å². The Morgan fingerprint density at radius 2 is 1.93 bits per heavy atom. The van der Waals surface area contributed by atoms with Crippen LogP contribution in [0.4, 0.5) is 0 Å². The number of nitrogens with one attached hydrogen (secondary N) is 2. The molecule has 0 amide bonds. The fraction of sp³-hybridized carbons (Fsp3) is 0.458. The number of hydrogen-bond acceptors (Lipinski definition) is 3. The zero-order valence-electron chi connectivity index (χ0n) is 17.4. The van der Waals surface area contributed by atoms with Gasteiger partial charge in [-0.3, -0.25) is 4.98 Å². The van der Waals surface area contributed by atoms with Crippen molar-refractivity contribution < 1.29 is 4.74 Å². The fourth-order valence-electron chi connectivity index (χ4n) is 4.37. The topological polar surface area (TPSA) is 49.9 Å². The van der Waals surface area contributed by atoms with Crippen molar-refractivity contribution in [3.05, 3.63) is 47.3 Å². The molecule has 3 aromatic rings. The number of nitrogens with zero attached hydrogens (tertiary/aromatic N) is 1. The lowest BCUT2D eigenvalue weighted by molar-refractivity contribution is 0.218. The van der Waals surface area contributed by atoms with Gasteiger partial charge in [0, 0.05) is 40.3 Å². The maximum absolute atomic E-state index is 6.18. The van der Waals surface area contributed by atoms with Crippen molar-refractivity contribution in [2.24, 2.45) is 5.92 Å². The maximum atomic E-state index is 6.18. The van der Waals surface area contributed by atoms with Gasteiger partial charge in [-0.15, -0.1) is 0 Å². The molecule has 148 valence electrons. The van der Waals surface area contributed by atoms with Crippen LogP contribution < -0.4 is 10.1 Å². The third-order valence-corrected chi connectivity index (χ3v) is 5.64. The van der Waals surface area contributed by atoms with Crippen molar-refractivity contribution in [1.29, 1.82) is 0 Å². The number of piperidine rings is 1. The minimum absolute atomic E-state index is 0.412. The average Bonchev–Trinajstić information content (AvgIpc) is 3.05. The lowest BCUT2D eigenvalue weighted by Crippen LogP contribution is -2.33. The molecule has 0 saturated carbocycles. The number of rotatable bonds is 5. The minimum Gasteiger partial charge on any atom is -0.493 e. The Hall–Kier alpha value is -2.33. The van der Waals surface area contributed by atoms with E-state index in [1.165, 1.54) is 35.0 Å². The summed E-state index contributed by atoms with van der Waals surface area (Å²) >= 11 is 0. The van der Waals surface area contributed by atoms with Crippen LogP contribution in [0, 0.1) is 19.8 Å². The van der Waals surface area contributed by atoms with Gasteiger partial charge in [0.25, 0.3) is 0 Å². The first-order chi connectivity index (χ1) is 13.5. The molecular weight excluding hydrogens is 346 g/mol. The van der Waals surface area contributed by atoms with Crippen molar-refractivity contribution in [2.75, 3.05) is 19.7 Å². The van der Waals surface area contributed by atoms with E-state index in [0.717, 1.165) is 42.4 Å². The second-order valence-corrected chi connectivity index (χ2v) is 8.44. The molecule has 0 spiro atoms. The Morgan fingerprint density at radius 1 is 1.14 bits per heavy atom. The number of H-pyrrole nitrogens is 1. The largest absolute Gasteiger partial charge is 0.493 e. The second-order valence-electron chi connectivity index (χ2n) is 8.44. The summed E-state index contributed by atoms with van der Waals surface area (Å²) in [4.78, 5) is 8.19. The molecule has 1 aliphatic heterocycles. The highest BCUT2D eigenvalue weighted by Crippen LogP contribution is 2.37. The predicted molar refractivity (Wildman–Crippen MR) is 116 cm³/mol. The van der Waals surface area contributed by atoms with Gasteiger partial charge in [-0.1, -0.05) is 13.8 Å². The van der Waals surface area contributed by atoms with Gasteiger partial charge in [0.2, 0.25) is 0 Å². The van der Waals surface area contributed by atoms with Crippen LogP contribution in [0.1, 0.15) is 49.6 Å². The van der Waals surface area contributed by atoms with E-state index < -0.39 is 0 Å². The van der Waals surface area contributed by atoms with Crippen molar-refractivity contribution >= 4 is 10.9 Å². The number of aryl methyl sites for hydroxylation is 2. The molecule has 1 aromatic carbocycles. The van der Waals surface area contributed by atoms with Crippen LogP contribution in [0.25, 0.3) is 22.2 Å². The highest BCUT2D eigenvalue weighted by atomic mass is 16.5. The average molecular weight is 378 g/mol. The monoisotopic (exact) mass is 377 g/mol. The predicted octanol–water partition coefficient (Wildman–Crippen LogP) is 5.35. The van der Waals surface area contributed by atoms with Gasteiger partial charge in [-0.25, -0.2) is 0 Å². The Morgan fingerprint density at radius 3 is 2.61 bits per heavy atom. The van der Waals surface area contributed by atoms with Gasteiger partial charge in [0.1, 0.15) is 5.75 Å². The van der Waals surface area contributed by atoms with Crippen molar-refractivity contribution in [2.45, 2.75) is 46.5 Å². The fourth-order valence-corrected chi connectivity index (χ4v) is 4.37. The van der Waals surface area contributed by atoms with Crippen molar-refractivity contribution in [3.8, 4) is 17.0 Å². The van der Waals surface area contributed by atoms with Crippen LogP contribution in [0.3, 0.4) is 0 Å². The van der Waals surface area contributed by atoms with Crippen LogP contribution in [0.15, 0.2) is 30.3 Å². The second kappa shape index (κ2) is 7.96. The molecule has 1 fully saturated rings. The highest BCUT2D eigenvalue weighted by Gasteiger charge is 2.18. The summed E-state index contributed by atoms with van der Waals surface area (Å²) < 4.78 is 6.18. The van der Waals surface area contributed by atoms with E-state index in [4.69, 9.17) is 4.74 Å². The van der Waals surface area contributed by atoms with E-state index in [2.05, 4.69) is 73.3 Å². The summed E-state index contributed by atoms with van der Waals surface area (Å²) in [6.07, 6.45) is 2.50. The number of hydrogen-bond donors (Lipinski definition) is 2. The molecule has 3 heterocycles. The smallest absolute Gasteiger partial charge is 0.120 e. The summed E-state index contributed by atoms with van der Waals surface area (Å²) in [6.45, 7) is 11.6. The molecule has 2 N–H and O–H groups in total. The van der Waals surface area contributed by atoms with E-state index in [0.29, 0.717) is 11.8 Å². The molecule has 0 aliphatic carbocycles. The molecule has 4 heteroatoms. The van der Waals surface area contributed by atoms with E-state index >= 15 is 0 Å². The van der Waals surface area contributed by atoms with Gasteiger partial charge in [-0.05, 0) is 75.0 Å². The standard InChI is InChI=1S/C24H31N3O/c1-15(2)23-21-12-20(28-14-18-6-5-9-25-13-18)7-8-22(21)27-24(23)19-10-16(3)26-17(4)11-19/h7-8,10-12,15,18,25,27H,5-6,9,13-14H2,1-4H3. The summed E-state index contributed by atoms with van der Waals surface area (Å²) in [5, 5.41) is 4.73. The third-order valence-electron chi connectivity index (χ3n) is 5.64. The first-order valence-corrected chi connectivity index (χ1v) is 10.5. The molecule has 4 nitrogen and oxygen atoms in total. The van der Waals surface area contributed by atoms with E-state index in [1.807, 2.05) is 0 Å². The summed E-state index contributed by atoms with van der Waals surface area (Å²) in [6, 6.07) is 10.8. The first kappa shape index (κ1) is 19.0. The van der Waals surface area contributed by atoms with Gasteiger partial charge >= 0.3 is 0 Å². The van der Waals surface area contributed by atoms with Crippen LogP contribution in [-0.2, 0) is 0 Å². The van der Waals surface area contributed by atoms with E-state index in [1.54, 1.807) is 0 Å². The molecular formula is C24H31N3O. The summed E-state index contributed by atoms with van der Waals surface area (Å²) in [5.41, 5.74) is 7.03. The quantitative estimate of drug-likeness (QED) is 0.630. The van der Waals surface area contributed by atoms with Gasteiger partial charge in [-0.2, -0.15) is 0 Å². The first-order valence-electron chi connectivity index (χ1n) is 10.5. The van der Waals surface area contributed by atoms with E-state index in [-0.39, 0.29) is 0 Å². The number of benzene rings is 1. The zero-order chi connectivity index (χ0) is 19.7. The molecule has 1 aliphatic rings. The normalized spacial score (nSPS) is 17.4. The van der Waals surface area contributed by atoms with Crippen LogP contribution in [-0.4, -0.2) is 29.7 Å². The molecule has 1 atom stereocenters. The minimum atomic E-state index is 0.412. The number of aromatic amines is 1. The lowest BCUT2D eigenvalue weighted by Gasteiger charge is -2.22. The number of aromatic nitrogens is 2. The maximum Gasteiger partial charge on any atom is 0.120 e. The van der Waals surface area contributed by atoms with Gasteiger partial charge in [0.15, 0.2) is 0 Å². The number of pyridine rings is 1. The van der Waals surface area contributed by atoms with Gasteiger partial charge in [0.05, 0.1) is 12.3 Å². The molecule has 2 aromatic heterocycles. The Kier molecular flexibility index (Phi) is 5.40. The Balaban J connectivity index is 1.69. The third kappa shape index (κ3) is 3.93. The lowest BCUT2D eigenvalue weighted by atomic mass is 9.96. The molecule has 4 rings (SSSR count). The van der Waals surface area contributed by atoms with E-state index in [9.17, 15) is 0 Å². The van der Waals surface area contributed by atoms with Crippen LogP contribution in [0.2, 0.25) is 0 Å². The molecule has 1 saturated heterocycles. The van der Waals surface area contributed by atoms with Crippen LogP contribution >= 0.6 is 0 Å². The SMILES string of the molecule is Cc1cc(-c2[nH]c3ccc(OCC4CCCNC4)cc3c2C(C)C)cc(C)n1. The molecule has 1 unspecified atom stereocenters. The Labute approximate surface area is 167 Å². The molecule has 0 bridgehead atoms. The summed E-state index contributed by atoms with van der Waals surface area (Å²) in [5.74, 6) is 1.99. The highest BCUT2D eigenvalue weighted by molar-refractivity contribution is 5.92. The Bertz CT molecular complexity index is 947. The number of fused-ring (bicyclic) bond motifs is 1.